The van der Waals surface area contributed by atoms with Gasteiger partial charge in [0.1, 0.15) is 0 Å². The highest BCUT2D eigenvalue weighted by molar-refractivity contribution is 5.79. The molecule has 2 unspecified atom stereocenters. The van der Waals surface area contributed by atoms with Crippen molar-refractivity contribution in [1.29, 1.82) is 0 Å². The molecule has 3 atom stereocenters. The number of carboxylic acid groups (broad SMARTS) is 1. The molecule has 19 heavy (non-hydrogen) atoms. The highest BCUT2D eigenvalue weighted by atomic mass is 16.4. The van der Waals surface area contributed by atoms with Gasteiger partial charge >= 0.3 is 5.97 Å². The lowest BCUT2D eigenvalue weighted by Crippen LogP contribution is -2.44. The number of carbonyl (C=O) groups is 2. The minimum atomic E-state index is -0.790. The molecule has 1 amide bonds. The second kappa shape index (κ2) is 7.48. The Bertz CT molecular complexity index is 318. The third kappa shape index (κ3) is 5.19. The number of rotatable bonds is 6. The maximum absolute atomic E-state index is 12.2. The average molecular weight is 270 g/mol. The molecule has 1 heterocycles. The molecule has 0 aromatic heterocycles. The number of aliphatic carboxylic acids is 1. The summed E-state index contributed by atoms with van der Waals surface area (Å²) in [6.07, 6.45) is 4.16. The van der Waals surface area contributed by atoms with Crippen LogP contribution in [0, 0.1) is 11.8 Å². The van der Waals surface area contributed by atoms with Gasteiger partial charge in [-0.3, -0.25) is 9.59 Å². The number of hydrogen-bond acceptors (Lipinski definition) is 3. The Hall–Kier alpha value is -1.10. The van der Waals surface area contributed by atoms with Gasteiger partial charge in [0.05, 0.1) is 5.92 Å². The molecular formula is C14H26N2O3. The molecule has 3 N–H and O–H groups in total. The molecule has 0 aromatic rings. The lowest BCUT2D eigenvalue weighted by molar-refractivity contribution is -0.146. The Balaban J connectivity index is 2.40. The number of carbonyl (C=O) groups excluding carboxylic acids is 1. The van der Waals surface area contributed by atoms with Gasteiger partial charge < -0.3 is 15.7 Å². The fourth-order valence-corrected chi connectivity index (χ4v) is 2.56. The molecule has 110 valence electrons. The van der Waals surface area contributed by atoms with Gasteiger partial charge in [-0.15, -0.1) is 0 Å². The SMILES string of the molecule is CC(N)CCCC(C)C(=O)N1CCC[C@@H](C(=O)O)C1. The van der Waals surface area contributed by atoms with Crippen molar-refractivity contribution in [2.75, 3.05) is 13.1 Å². The maximum Gasteiger partial charge on any atom is 0.308 e. The van der Waals surface area contributed by atoms with Crippen LogP contribution in [0.25, 0.3) is 0 Å². The first-order valence-corrected chi connectivity index (χ1v) is 7.19. The van der Waals surface area contributed by atoms with E-state index in [1.165, 1.54) is 0 Å². The van der Waals surface area contributed by atoms with Crippen molar-refractivity contribution in [3.05, 3.63) is 0 Å². The van der Waals surface area contributed by atoms with E-state index in [0.717, 1.165) is 25.7 Å². The lowest BCUT2D eigenvalue weighted by atomic mass is 9.95. The van der Waals surface area contributed by atoms with Crippen molar-refractivity contribution >= 4 is 11.9 Å². The van der Waals surface area contributed by atoms with Gasteiger partial charge in [-0.05, 0) is 32.6 Å². The second-order valence-electron chi connectivity index (χ2n) is 5.77. The van der Waals surface area contributed by atoms with Crippen molar-refractivity contribution in [1.82, 2.24) is 4.90 Å². The zero-order valence-corrected chi connectivity index (χ0v) is 12.0. The van der Waals surface area contributed by atoms with Crippen molar-refractivity contribution < 1.29 is 14.7 Å². The van der Waals surface area contributed by atoms with Crippen LogP contribution >= 0.6 is 0 Å². The first-order chi connectivity index (χ1) is 8.91. The van der Waals surface area contributed by atoms with E-state index in [4.69, 9.17) is 10.8 Å². The Kier molecular flexibility index (Phi) is 6.28. The number of likely N-dealkylation sites (tertiary alicyclic amines) is 1. The highest BCUT2D eigenvalue weighted by Crippen LogP contribution is 2.20. The summed E-state index contributed by atoms with van der Waals surface area (Å²) in [5.74, 6) is -1.13. The van der Waals surface area contributed by atoms with Crippen LogP contribution in [-0.4, -0.2) is 41.0 Å². The van der Waals surface area contributed by atoms with E-state index in [-0.39, 0.29) is 17.9 Å². The molecule has 5 heteroatoms. The largest absolute Gasteiger partial charge is 0.481 e. The summed E-state index contributed by atoms with van der Waals surface area (Å²) in [5.41, 5.74) is 5.69. The molecule has 0 radical (unpaired) electrons. The number of amides is 1. The third-order valence-corrected chi connectivity index (χ3v) is 3.80. The molecular weight excluding hydrogens is 244 g/mol. The molecule has 0 aliphatic carbocycles. The number of nitrogens with zero attached hydrogens (tertiary/aromatic N) is 1. The van der Waals surface area contributed by atoms with Crippen LogP contribution in [-0.2, 0) is 9.59 Å². The number of hydrogen-bond donors (Lipinski definition) is 2. The lowest BCUT2D eigenvalue weighted by Gasteiger charge is -2.32. The summed E-state index contributed by atoms with van der Waals surface area (Å²) in [5, 5.41) is 9.03. The molecule has 1 aliphatic heterocycles. The minimum Gasteiger partial charge on any atom is -0.481 e. The minimum absolute atomic E-state index is 0.0358. The van der Waals surface area contributed by atoms with Crippen molar-refractivity contribution in [3.8, 4) is 0 Å². The predicted molar refractivity (Wildman–Crippen MR) is 73.6 cm³/mol. The Morgan fingerprint density at radius 3 is 2.63 bits per heavy atom. The van der Waals surface area contributed by atoms with E-state index in [2.05, 4.69) is 0 Å². The topological polar surface area (TPSA) is 83.6 Å². The smallest absolute Gasteiger partial charge is 0.308 e. The molecule has 1 saturated heterocycles. The van der Waals surface area contributed by atoms with Gasteiger partial charge in [-0.1, -0.05) is 13.3 Å². The predicted octanol–water partition coefficient (Wildman–Crippen LogP) is 1.46. The summed E-state index contributed by atoms with van der Waals surface area (Å²) < 4.78 is 0. The van der Waals surface area contributed by atoms with Gasteiger partial charge in [0.25, 0.3) is 0 Å². The molecule has 0 bridgehead atoms. The van der Waals surface area contributed by atoms with Gasteiger partial charge in [0, 0.05) is 25.0 Å². The number of piperidine rings is 1. The Morgan fingerprint density at radius 2 is 2.05 bits per heavy atom. The Morgan fingerprint density at radius 1 is 1.37 bits per heavy atom. The van der Waals surface area contributed by atoms with E-state index < -0.39 is 11.9 Å². The first kappa shape index (κ1) is 16.0. The molecule has 1 fully saturated rings. The molecule has 0 aromatic carbocycles. The van der Waals surface area contributed by atoms with Crippen LogP contribution in [0.15, 0.2) is 0 Å². The van der Waals surface area contributed by atoms with Crippen LogP contribution in [0.2, 0.25) is 0 Å². The van der Waals surface area contributed by atoms with Crippen molar-refractivity contribution in [2.24, 2.45) is 17.6 Å². The third-order valence-electron chi connectivity index (χ3n) is 3.80. The molecule has 1 rings (SSSR count). The molecule has 0 saturated carbocycles. The van der Waals surface area contributed by atoms with E-state index >= 15 is 0 Å². The van der Waals surface area contributed by atoms with Gasteiger partial charge in [0.2, 0.25) is 5.91 Å². The van der Waals surface area contributed by atoms with Crippen LogP contribution in [0.3, 0.4) is 0 Å². The highest BCUT2D eigenvalue weighted by Gasteiger charge is 2.29. The normalized spacial score (nSPS) is 22.9. The summed E-state index contributed by atoms with van der Waals surface area (Å²) in [4.78, 5) is 25.0. The van der Waals surface area contributed by atoms with Crippen LogP contribution in [0.1, 0.15) is 46.0 Å². The molecule has 0 spiro atoms. The molecule has 1 aliphatic rings. The van der Waals surface area contributed by atoms with Crippen LogP contribution < -0.4 is 5.73 Å². The standard InChI is InChI=1S/C14H26N2O3/c1-10(5-3-6-11(2)15)13(17)16-8-4-7-12(9-16)14(18)19/h10-12H,3-9,15H2,1-2H3,(H,18,19)/t10?,11?,12-/m1/s1. The van der Waals surface area contributed by atoms with Gasteiger partial charge in [0.15, 0.2) is 0 Å². The quantitative estimate of drug-likeness (QED) is 0.765. The van der Waals surface area contributed by atoms with Crippen molar-refractivity contribution in [3.63, 3.8) is 0 Å². The number of nitrogens with two attached hydrogens (primary N) is 1. The van der Waals surface area contributed by atoms with E-state index in [1.54, 1.807) is 4.90 Å². The fraction of sp³-hybridized carbons (Fsp3) is 0.857. The van der Waals surface area contributed by atoms with E-state index in [1.807, 2.05) is 13.8 Å². The molecule has 5 nitrogen and oxygen atoms in total. The summed E-state index contributed by atoms with van der Waals surface area (Å²) in [6, 6.07) is 0.175. The summed E-state index contributed by atoms with van der Waals surface area (Å²) >= 11 is 0. The second-order valence-corrected chi connectivity index (χ2v) is 5.77. The summed E-state index contributed by atoms with van der Waals surface area (Å²) in [6.45, 7) is 4.95. The van der Waals surface area contributed by atoms with E-state index in [0.29, 0.717) is 19.5 Å². The van der Waals surface area contributed by atoms with Gasteiger partial charge in [-0.25, -0.2) is 0 Å². The average Bonchev–Trinajstić information content (AvgIpc) is 2.37. The van der Waals surface area contributed by atoms with Crippen LogP contribution in [0.4, 0.5) is 0 Å². The number of carboxylic acids is 1. The first-order valence-electron chi connectivity index (χ1n) is 7.19. The zero-order valence-electron chi connectivity index (χ0n) is 12.0. The Labute approximate surface area is 115 Å². The zero-order chi connectivity index (χ0) is 14.4. The van der Waals surface area contributed by atoms with Gasteiger partial charge in [-0.2, -0.15) is 0 Å². The van der Waals surface area contributed by atoms with E-state index in [9.17, 15) is 9.59 Å². The maximum atomic E-state index is 12.2. The fourth-order valence-electron chi connectivity index (χ4n) is 2.56. The van der Waals surface area contributed by atoms with Crippen LogP contribution in [0.5, 0.6) is 0 Å². The monoisotopic (exact) mass is 270 g/mol. The summed E-state index contributed by atoms with van der Waals surface area (Å²) in [7, 11) is 0. The van der Waals surface area contributed by atoms with Crippen molar-refractivity contribution in [2.45, 2.75) is 52.0 Å².